The second-order valence-electron chi connectivity index (χ2n) is 3.79. The van der Waals surface area contributed by atoms with E-state index in [1.54, 1.807) is 29.1 Å². The van der Waals surface area contributed by atoms with E-state index in [4.69, 9.17) is 5.73 Å². The van der Waals surface area contributed by atoms with Gasteiger partial charge in [-0.2, -0.15) is 0 Å². The zero-order chi connectivity index (χ0) is 11.5. The van der Waals surface area contributed by atoms with Gasteiger partial charge in [0.2, 0.25) is 0 Å². The number of aryl methyl sites for hydroxylation is 1. The number of thiazole rings is 1. The zero-order valence-electron chi connectivity index (χ0n) is 8.98. The third kappa shape index (κ3) is 2.46. The fourth-order valence-electron chi connectivity index (χ4n) is 1.63. The molecule has 0 bridgehead atoms. The Hall–Kier alpha value is -1.26. The summed E-state index contributed by atoms with van der Waals surface area (Å²) < 4.78 is 12.9. The summed E-state index contributed by atoms with van der Waals surface area (Å²) in [7, 11) is 0. The van der Waals surface area contributed by atoms with E-state index in [9.17, 15) is 4.39 Å². The van der Waals surface area contributed by atoms with Gasteiger partial charge in [0.25, 0.3) is 0 Å². The molecule has 84 valence electrons. The van der Waals surface area contributed by atoms with Crippen LogP contribution in [0.1, 0.15) is 22.0 Å². The molecule has 0 aliphatic carbocycles. The predicted octanol–water partition coefficient (Wildman–Crippen LogP) is 2.83. The maximum atomic E-state index is 12.9. The number of hydrogen-bond acceptors (Lipinski definition) is 3. The molecule has 1 heterocycles. The molecule has 1 aromatic carbocycles. The molecular weight excluding hydrogens is 223 g/mol. The maximum absolute atomic E-state index is 12.9. The molecule has 0 aliphatic heterocycles. The van der Waals surface area contributed by atoms with Crippen LogP contribution in [-0.2, 0) is 6.42 Å². The van der Waals surface area contributed by atoms with Gasteiger partial charge < -0.3 is 5.73 Å². The molecule has 0 saturated heterocycles. The van der Waals surface area contributed by atoms with Crippen molar-refractivity contribution >= 4 is 11.3 Å². The van der Waals surface area contributed by atoms with Crippen molar-refractivity contribution in [3.05, 3.63) is 51.7 Å². The van der Waals surface area contributed by atoms with Crippen LogP contribution >= 0.6 is 11.3 Å². The molecule has 0 spiro atoms. The molecule has 16 heavy (non-hydrogen) atoms. The van der Waals surface area contributed by atoms with Gasteiger partial charge in [-0.05, 0) is 36.6 Å². The number of benzene rings is 1. The van der Waals surface area contributed by atoms with Crippen LogP contribution < -0.4 is 5.73 Å². The van der Waals surface area contributed by atoms with Gasteiger partial charge in [0.15, 0.2) is 0 Å². The van der Waals surface area contributed by atoms with Gasteiger partial charge in [-0.15, -0.1) is 11.3 Å². The Bertz CT molecular complexity index is 468. The lowest BCUT2D eigenvalue weighted by Gasteiger charge is -2.11. The average molecular weight is 236 g/mol. The Balaban J connectivity index is 2.15. The fraction of sp³-hybridized carbons (Fsp3) is 0.250. The molecule has 1 atom stereocenters. The number of aromatic nitrogens is 1. The smallest absolute Gasteiger partial charge is 0.123 e. The van der Waals surface area contributed by atoms with Crippen molar-refractivity contribution in [3.8, 4) is 0 Å². The Labute approximate surface area is 97.9 Å². The monoisotopic (exact) mass is 236 g/mol. The number of hydrogen-bond donors (Lipinski definition) is 1. The first-order valence-electron chi connectivity index (χ1n) is 5.06. The van der Waals surface area contributed by atoms with Crippen molar-refractivity contribution in [2.24, 2.45) is 5.73 Å². The van der Waals surface area contributed by atoms with Crippen molar-refractivity contribution in [2.45, 2.75) is 19.4 Å². The zero-order valence-corrected chi connectivity index (χ0v) is 9.80. The topological polar surface area (TPSA) is 38.9 Å². The van der Waals surface area contributed by atoms with E-state index in [2.05, 4.69) is 4.98 Å². The first-order chi connectivity index (χ1) is 7.66. The molecule has 4 heteroatoms. The van der Waals surface area contributed by atoms with Crippen LogP contribution in [0.2, 0.25) is 0 Å². The summed E-state index contributed by atoms with van der Waals surface area (Å²) >= 11 is 1.55. The third-order valence-electron chi connectivity index (χ3n) is 2.56. The largest absolute Gasteiger partial charge is 0.323 e. The van der Waals surface area contributed by atoms with E-state index in [-0.39, 0.29) is 11.9 Å². The summed E-state index contributed by atoms with van der Waals surface area (Å²) in [6.45, 7) is 1.90. The lowest BCUT2D eigenvalue weighted by Crippen LogP contribution is -2.12. The SMILES string of the molecule is Cc1cc(F)ccc1CC(N)c1cncs1. The van der Waals surface area contributed by atoms with Gasteiger partial charge in [-0.25, -0.2) is 4.39 Å². The molecule has 0 aliphatic rings. The molecule has 2 N–H and O–H groups in total. The summed E-state index contributed by atoms with van der Waals surface area (Å²) in [5.74, 6) is -0.201. The Kier molecular flexibility index (Phi) is 3.31. The van der Waals surface area contributed by atoms with Gasteiger partial charge in [0.05, 0.1) is 5.51 Å². The van der Waals surface area contributed by atoms with Gasteiger partial charge in [-0.1, -0.05) is 6.07 Å². The summed E-state index contributed by atoms with van der Waals surface area (Å²) in [5.41, 5.74) is 9.86. The van der Waals surface area contributed by atoms with Gasteiger partial charge in [-0.3, -0.25) is 4.98 Å². The Morgan fingerprint density at radius 2 is 2.31 bits per heavy atom. The minimum atomic E-state index is -0.201. The van der Waals surface area contributed by atoms with Gasteiger partial charge in [0, 0.05) is 17.1 Å². The van der Waals surface area contributed by atoms with Gasteiger partial charge >= 0.3 is 0 Å². The van der Waals surface area contributed by atoms with E-state index < -0.39 is 0 Å². The minimum Gasteiger partial charge on any atom is -0.323 e. The first kappa shape index (κ1) is 11.2. The minimum absolute atomic E-state index is 0.0586. The first-order valence-corrected chi connectivity index (χ1v) is 5.94. The molecule has 2 aromatic rings. The second-order valence-corrected chi connectivity index (χ2v) is 4.70. The highest BCUT2D eigenvalue weighted by Crippen LogP contribution is 2.21. The van der Waals surface area contributed by atoms with Gasteiger partial charge in [0.1, 0.15) is 5.82 Å². The van der Waals surface area contributed by atoms with E-state index in [1.165, 1.54) is 12.1 Å². The summed E-state index contributed by atoms with van der Waals surface area (Å²) in [5, 5.41) is 0. The predicted molar refractivity (Wildman–Crippen MR) is 63.9 cm³/mol. The van der Waals surface area contributed by atoms with Crippen LogP contribution in [0, 0.1) is 12.7 Å². The van der Waals surface area contributed by atoms with E-state index in [0.29, 0.717) is 6.42 Å². The van der Waals surface area contributed by atoms with Crippen molar-refractivity contribution in [1.82, 2.24) is 4.98 Å². The molecule has 1 unspecified atom stereocenters. The number of nitrogens with two attached hydrogens (primary N) is 1. The third-order valence-corrected chi connectivity index (χ3v) is 3.47. The Morgan fingerprint density at radius 1 is 1.50 bits per heavy atom. The molecular formula is C12H13FN2S. The maximum Gasteiger partial charge on any atom is 0.123 e. The van der Waals surface area contributed by atoms with Crippen LogP contribution in [0.25, 0.3) is 0 Å². The van der Waals surface area contributed by atoms with Crippen LogP contribution in [0.5, 0.6) is 0 Å². The van der Waals surface area contributed by atoms with E-state index >= 15 is 0 Å². The van der Waals surface area contributed by atoms with Crippen LogP contribution in [0.3, 0.4) is 0 Å². The number of halogens is 1. The normalized spacial score (nSPS) is 12.7. The summed E-state index contributed by atoms with van der Waals surface area (Å²) in [6, 6.07) is 4.75. The molecule has 2 nitrogen and oxygen atoms in total. The van der Waals surface area contributed by atoms with Crippen molar-refractivity contribution < 1.29 is 4.39 Å². The standard InChI is InChI=1S/C12H13FN2S/c1-8-4-10(13)3-2-9(8)5-11(14)12-6-15-7-16-12/h2-4,6-7,11H,5,14H2,1H3. The summed E-state index contributed by atoms with van der Waals surface area (Å²) in [6.07, 6.45) is 2.50. The van der Waals surface area contributed by atoms with Crippen LogP contribution in [0.15, 0.2) is 29.9 Å². The fourth-order valence-corrected chi connectivity index (χ4v) is 2.26. The number of nitrogens with zero attached hydrogens (tertiary/aromatic N) is 1. The molecule has 0 saturated carbocycles. The number of rotatable bonds is 3. The highest BCUT2D eigenvalue weighted by molar-refractivity contribution is 7.09. The van der Waals surface area contributed by atoms with E-state index in [0.717, 1.165) is 16.0 Å². The van der Waals surface area contributed by atoms with Crippen molar-refractivity contribution in [1.29, 1.82) is 0 Å². The second kappa shape index (κ2) is 4.72. The molecule has 0 amide bonds. The summed E-state index contributed by atoms with van der Waals surface area (Å²) in [4.78, 5) is 5.06. The lowest BCUT2D eigenvalue weighted by molar-refractivity contribution is 0.624. The lowest BCUT2D eigenvalue weighted by atomic mass is 10.0. The Morgan fingerprint density at radius 3 is 2.94 bits per heavy atom. The average Bonchev–Trinajstić information content (AvgIpc) is 2.75. The molecule has 0 radical (unpaired) electrons. The van der Waals surface area contributed by atoms with Crippen molar-refractivity contribution in [2.75, 3.05) is 0 Å². The van der Waals surface area contributed by atoms with E-state index in [1.807, 2.05) is 6.92 Å². The van der Waals surface area contributed by atoms with Crippen LogP contribution in [-0.4, -0.2) is 4.98 Å². The molecule has 1 aromatic heterocycles. The van der Waals surface area contributed by atoms with Crippen molar-refractivity contribution in [3.63, 3.8) is 0 Å². The highest BCUT2D eigenvalue weighted by Gasteiger charge is 2.10. The highest BCUT2D eigenvalue weighted by atomic mass is 32.1. The molecule has 0 fully saturated rings. The quantitative estimate of drug-likeness (QED) is 0.890. The van der Waals surface area contributed by atoms with Crippen LogP contribution in [0.4, 0.5) is 4.39 Å². The molecule has 2 rings (SSSR count).